The van der Waals surface area contributed by atoms with Crippen LogP contribution in [0.1, 0.15) is 73.6 Å². The van der Waals surface area contributed by atoms with Crippen molar-refractivity contribution in [3.8, 4) is 22.8 Å². The molecule has 15 heteroatoms. The van der Waals surface area contributed by atoms with Crippen LogP contribution in [0.25, 0.3) is 22.0 Å². The Kier molecular flexibility index (Phi) is 10.6. The van der Waals surface area contributed by atoms with Gasteiger partial charge in [-0.3, -0.25) is 19.2 Å². The third kappa shape index (κ3) is 8.31. The number of ether oxygens (including phenoxy) is 3. The molecule has 0 spiro atoms. The number of carbonyl (C=O) groups is 4. The van der Waals surface area contributed by atoms with Crippen LogP contribution in [0.15, 0.2) is 54.6 Å². The molecule has 6 atom stereocenters. The first kappa shape index (κ1) is 40.4. The molecule has 4 bridgehead atoms. The van der Waals surface area contributed by atoms with Gasteiger partial charge >= 0.3 is 6.09 Å². The molecule has 2 aliphatic carbocycles. The SMILES string of the molecule is CC[C@@H]1C[C@]1(NC(=O)[C@@H]1C[C@@H]2CN1C[C@@](C=O)(C(C)(C)C)NC(=O)OCC(C)(C)COc1cccc(c1)-c1cc3ccccc3nc1O2)C(=O)NS(=O)(=O)C1CC1. The lowest BCUT2D eigenvalue weighted by molar-refractivity contribution is -0.133. The van der Waals surface area contributed by atoms with Crippen LogP contribution < -0.4 is 24.8 Å². The van der Waals surface area contributed by atoms with E-state index < -0.39 is 67.2 Å². The van der Waals surface area contributed by atoms with Gasteiger partial charge in [-0.2, -0.15) is 0 Å². The Hall–Kier alpha value is -4.76. The van der Waals surface area contributed by atoms with E-state index in [9.17, 15) is 27.6 Å². The standard InChI is InChI=1S/C42H53N5O9S/c1-7-28-20-42(28,37(50)46-57(52,53)31-15-16-31)44-35(49)34-19-30-21-47(34)22-41(23-48,39(2,3)4)45-38(51)55-25-40(5,6)24-54-29-13-10-12-26(17-29)32-18-27-11-8-9-14-33(27)43-36(32)56-30/h8-14,17-18,23,28,30-31,34H,7,15-16,19-22,24-25H2,1-6H3,(H,44,49)(H,45,51)(H,46,50)/t28-,30-,34+,41-,42-/m1/s1. The van der Waals surface area contributed by atoms with Crippen molar-refractivity contribution in [2.45, 2.75) is 102 Å². The Morgan fingerprint density at radius 3 is 2.47 bits per heavy atom. The zero-order valence-electron chi connectivity index (χ0n) is 33.4. The van der Waals surface area contributed by atoms with Crippen molar-refractivity contribution >= 4 is 45.1 Å². The zero-order chi connectivity index (χ0) is 41.0. The van der Waals surface area contributed by atoms with Crippen molar-refractivity contribution in [1.29, 1.82) is 0 Å². The summed E-state index contributed by atoms with van der Waals surface area (Å²) in [6.45, 7) is 11.4. The highest BCUT2D eigenvalue weighted by atomic mass is 32.2. The lowest BCUT2D eigenvalue weighted by atomic mass is 9.74. The first-order valence-corrected chi connectivity index (χ1v) is 21.3. The van der Waals surface area contributed by atoms with E-state index in [1.807, 2.05) is 96.1 Å². The molecule has 2 saturated carbocycles. The summed E-state index contributed by atoms with van der Waals surface area (Å²) < 4.78 is 46.6. The van der Waals surface area contributed by atoms with E-state index in [1.165, 1.54) is 0 Å². The normalized spacial score (nSPS) is 28.8. The highest BCUT2D eigenvalue weighted by Gasteiger charge is 2.62. The van der Waals surface area contributed by atoms with E-state index in [4.69, 9.17) is 19.2 Å². The Balaban J connectivity index is 1.28. The number of nitrogens with one attached hydrogen (secondary N) is 3. The molecule has 3 amide bonds. The number of hydrogen-bond acceptors (Lipinski definition) is 11. The summed E-state index contributed by atoms with van der Waals surface area (Å²) in [7, 11) is -3.87. The van der Waals surface area contributed by atoms with Gasteiger partial charge in [0, 0.05) is 35.9 Å². The van der Waals surface area contributed by atoms with Crippen molar-refractivity contribution in [3.63, 3.8) is 0 Å². The molecule has 57 heavy (non-hydrogen) atoms. The van der Waals surface area contributed by atoms with Crippen LogP contribution in [0.5, 0.6) is 11.6 Å². The molecule has 7 rings (SSSR count). The number of alkyl carbamates (subject to hydrolysis) is 1. The highest BCUT2D eigenvalue weighted by molar-refractivity contribution is 7.91. The van der Waals surface area contributed by atoms with Gasteiger partial charge in [-0.1, -0.05) is 78.3 Å². The molecule has 1 unspecified atom stereocenters. The Morgan fingerprint density at radius 2 is 1.79 bits per heavy atom. The molecular weight excluding hydrogens is 751 g/mol. The van der Waals surface area contributed by atoms with Crippen molar-refractivity contribution in [2.75, 3.05) is 26.3 Å². The van der Waals surface area contributed by atoms with Gasteiger partial charge < -0.3 is 29.6 Å². The number of nitrogens with zero attached hydrogens (tertiary/aromatic N) is 2. The molecule has 306 valence electrons. The molecule has 3 aromatic rings. The Morgan fingerprint density at radius 1 is 1.05 bits per heavy atom. The fourth-order valence-electron chi connectivity index (χ4n) is 7.82. The maximum absolute atomic E-state index is 14.6. The van der Waals surface area contributed by atoms with E-state index in [0.717, 1.165) is 10.9 Å². The first-order chi connectivity index (χ1) is 26.9. The molecule has 3 N–H and O–H groups in total. The molecule has 2 aromatic carbocycles. The van der Waals surface area contributed by atoms with Crippen LogP contribution in [0.4, 0.5) is 4.79 Å². The summed E-state index contributed by atoms with van der Waals surface area (Å²) in [6, 6.07) is 16.3. The summed E-state index contributed by atoms with van der Waals surface area (Å²) in [5.41, 5.74) is -2.24. The minimum absolute atomic E-state index is 0.0137. The monoisotopic (exact) mass is 803 g/mol. The molecule has 14 nitrogen and oxygen atoms in total. The van der Waals surface area contributed by atoms with Gasteiger partial charge in [0.25, 0.3) is 5.91 Å². The number of fused-ring (bicyclic) bond motifs is 7. The summed E-state index contributed by atoms with van der Waals surface area (Å²) >= 11 is 0. The Bertz CT molecular complexity index is 2180. The van der Waals surface area contributed by atoms with Gasteiger partial charge in [0.05, 0.1) is 23.4 Å². The fourth-order valence-corrected chi connectivity index (χ4v) is 9.19. The van der Waals surface area contributed by atoms with E-state index in [1.54, 1.807) is 4.90 Å². The maximum atomic E-state index is 14.6. The summed E-state index contributed by atoms with van der Waals surface area (Å²) in [5, 5.41) is 6.10. The minimum Gasteiger partial charge on any atom is -0.493 e. The number of carbonyl (C=O) groups excluding carboxylic acids is 4. The molecule has 1 aromatic heterocycles. The minimum atomic E-state index is -3.87. The molecule has 3 heterocycles. The van der Waals surface area contributed by atoms with Crippen LogP contribution in [0.2, 0.25) is 0 Å². The topological polar surface area (TPSA) is 182 Å². The van der Waals surface area contributed by atoms with Gasteiger partial charge in [-0.05, 0) is 60.4 Å². The van der Waals surface area contributed by atoms with Crippen molar-refractivity contribution in [1.82, 2.24) is 25.2 Å². The second kappa shape index (κ2) is 14.9. The van der Waals surface area contributed by atoms with Crippen molar-refractivity contribution in [3.05, 3.63) is 54.6 Å². The zero-order valence-corrected chi connectivity index (χ0v) is 34.2. The average Bonchev–Trinajstić information content (AvgIpc) is 4.09. The summed E-state index contributed by atoms with van der Waals surface area (Å²) in [4.78, 5) is 61.8. The first-order valence-electron chi connectivity index (χ1n) is 19.7. The van der Waals surface area contributed by atoms with Crippen molar-refractivity contribution in [2.24, 2.45) is 16.7 Å². The number of cyclic esters (lactones) is 1. The molecule has 0 radical (unpaired) electrons. The van der Waals surface area contributed by atoms with Gasteiger partial charge in [0.1, 0.15) is 35.8 Å². The predicted molar refractivity (Wildman–Crippen MR) is 213 cm³/mol. The number of aldehydes is 1. The van der Waals surface area contributed by atoms with E-state index in [2.05, 4.69) is 15.4 Å². The van der Waals surface area contributed by atoms with E-state index >= 15 is 0 Å². The smallest absolute Gasteiger partial charge is 0.408 e. The van der Waals surface area contributed by atoms with Gasteiger partial charge in [0.2, 0.25) is 21.8 Å². The lowest BCUT2D eigenvalue weighted by Crippen LogP contribution is -2.66. The molecule has 2 aliphatic heterocycles. The number of pyridine rings is 1. The van der Waals surface area contributed by atoms with Crippen LogP contribution >= 0.6 is 0 Å². The molecule has 3 fully saturated rings. The summed E-state index contributed by atoms with van der Waals surface area (Å²) in [5.74, 6) is -0.600. The second-order valence-corrected chi connectivity index (χ2v) is 19.9. The van der Waals surface area contributed by atoms with Crippen molar-refractivity contribution < 1.29 is 41.8 Å². The van der Waals surface area contributed by atoms with Crippen LogP contribution in [0, 0.1) is 16.7 Å². The number of aromatic nitrogens is 1. The second-order valence-electron chi connectivity index (χ2n) is 17.9. The summed E-state index contributed by atoms with van der Waals surface area (Å²) in [6.07, 6.45) is 1.17. The number of amides is 3. The van der Waals surface area contributed by atoms with Gasteiger partial charge in [0.15, 0.2) is 0 Å². The number of para-hydroxylation sites is 1. The van der Waals surface area contributed by atoms with E-state index in [-0.39, 0.29) is 45.1 Å². The number of benzene rings is 2. The molecule has 4 aliphatic rings. The Labute approximate surface area is 333 Å². The fraction of sp³-hybridized carbons (Fsp3) is 0.548. The average molecular weight is 804 g/mol. The van der Waals surface area contributed by atoms with Crippen LogP contribution in [-0.4, -0.2) is 97.3 Å². The van der Waals surface area contributed by atoms with Gasteiger partial charge in [-0.25, -0.2) is 18.2 Å². The van der Waals surface area contributed by atoms with Crippen LogP contribution in [-0.2, 0) is 29.1 Å². The molecular formula is C42H53N5O9S. The molecule has 1 saturated heterocycles. The highest BCUT2D eigenvalue weighted by Crippen LogP contribution is 2.47. The number of hydrogen-bond donors (Lipinski definition) is 3. The van der Waals surface area contributed by atoms with E-state index in [0.29, 0.717) is 48.3 Å². The quantitative estimate of drug-likeness (QED) is 0.281. The maximum Gasteiger partial charge on any atom is 0.408 e. The van der Waals surface area contributed by atoms with Gasteiger partial charge in [-0.15, -0.1) is 0 Å². The number of sulfonamides is 1. The largest absolute Gasteiger partial charge is 0.493 e. The third-order valence-electron chi connectivity index (χ3n) is 11.9. The third-order valence-corrected chi connectivity index (χ3v) is 13.7. The van der Waals surface area contributed by atoms with Crippen LogP contribution in [0.3, 0.4) is 0 Å². The number of rotatable bonds is 7. The lowest BCUT2D eigenvalue weighted by Gasteiger charge is -2.44. The predicted octanol–water partition coefficient (Wildman–Crippen LogP) is 4.75.